The van der Waals surface area contributed by atoms with Gasteiger partial charge in [0, 0.05) is 44.6 Å². The molecule has 0 radical (unpaired) electrons. The van der Waals surface area contributed by atoms with Gasteiger partial charge < -0.3 is 15.5 Å². The number of nitrogens with zero attached hydrogens (tertiary/aromatic N) is 2. The van der Waals surface area contributed by atoms with E-state index in [1.165, 1.54) is 0 Å². The molecule has 1 saturated heterocycles. The van der Waals surface area contributed by atoms with Crippen LogP contribution in [0, 0.1) is 5.92 Å². The van der Waals surface area contributed by atoms with Crippen molar-refractivity contribution in [2.75, 3.05) is 20.1 Å². The topological polar surface area (TPSA) is 83.7 Å². The van der Waals surface area contributed by atoms with Crippen molar-refractivity contribution in [2.45, 2.75) is 32.2 Å². The van der Waals surface area contributed by atoms with E-state index in [4.69, 9.17) is 5.73 Å². The van der Waals surface area contributed by atoms with Crippen LogP contribution in [0.5, 0.6) is 0 Å². The summed E-state index contributed by atoms with van der Waals surface area (Å²) in [4.78, 5) is 40.3. The molecule has 0 atom stereocenters. The third-order valence-electron chi connectivity index (χ3n) is 5.67. The number of benzene rings is 2. The number of aryl methyl sites for hydroxylation is 1. The van der Waals surface area contributed by atoms with Crippen LogP contribution in [0.4, 0.5) is 0 Å². The number of piperidine rings is 1. The molecule has 0 aliphatic carbocycles. The van der Waals surface area contributed by atoms with E-state index >= 15 is 0 Å². The molecule has 0 saturated carbocycles. The van der Waals surface area contributed by atoms with Crippen molar-refractivity contribution < 1.29 is 14.4 Å². The summed E-state index contributed by atoms with van der Waals surface area (Å²) in [6.45, 7) is 1.67. The smallest absolute Gasteiger partial charge is 0.248 e. The molecule has 2 aromatic rings. The Morgan fingerprint density at radius 1 is 1.00 bits per heavy atom. The fourth-order valence-electron chi connectivity index (χ4n) is 3.92. The van der Waals surface area contributed by atoms with Crippen LogP contribution in [0.25, 0.3) is 0 Å². The van der Waals surface area contributed by atoms with Crippen LogP contribution in [0.2, 0.25) is 0 Å². The van der Waals surface area contributed by atoms with Crippen molar-refractivity contribution in [3.63, 3.8) is 0 Å². The van der Waals surface area contributed by atoms with E-state index in [0.717, 1.165) is 17.5 Å². The molecule has 0 unspecified atom stereocenters. The molecule has 158 valence electrons. The molecule has 0 aromatic heterocycles. The molecule has 3 amide bonds. The number of hydrogen-bond acceptors (Lipinski definition) is 3. The van der Waals surface area contributed by atoms with Crippen LogP contribution in [-0.4, -0.2) is 47.7 Å². The molecule has 2 N–H and O–H groups in total. The predicted octanol–water partition coefficient (Wildman–Crippen LogP) is 2.62. The second-order valence-electron chi connectivity index (χ2n) is 7.90. The lowest BCUT2D eigenvalue weighted by atomic mass is 9.94. The Hall–Kier alpha value is -3.15. The summed E-state index contributed by atoms with van der Waals surface area (Å²) in [7, 11) is 1.77. The second-order valence-corrected chi connectivity index (χ2v) is 7.90. The van der Waals surface area contributed by atoms with Gasteiger partial charge in [-0.25, -0.2) is 0 Å². The Morgan fingerprint density at radius 3 is 2.33 bits per heavy atom. The van der Waals surface area contributed by atoms with Gasteiger partial charge in [-0.15, -0.1) is 0 Å². The highest BCUT2D eigenvalue weighted by Gasteiger charge is 2.29. The molecular formula is C24H29N3O3. The number of carbonyl (C=O) groups excluding carboxylic acids is 3. The minimum absolute atomic E-state index is 0.0764. The number of nitrogens with two attached hydrogens (primary N) is 1. The average molecular weight is 408 g/mol. The number of primary amides is 1. The lowest BCUT2D eigenvalue weighted by Gasteiger charge is -2.33. The maximum absolute atomic E-state index is 12.8. The summed E-state index contributed by atoms with van der Waals surface area (Å²) >= 11 is 0. The van der Waals surface area contributed by atoms with Crippen molar-refractivity contribution in [1.82, 2.24) is 9.80 Å². The third kappa shape index (κ3) is 5.69. The Balaban J connectivity index is 1.46. The second kappa shape index (κ2) is 10.1. The van der Waals surface area contributed by atoms with Gasteiger partial charge in [-0.1, -0.05) is 42.5 Å². The van der Waals surface area contributed by atoms with Crippen molar-refractivity contribution in [3.05, 3.63) is 71.3 Å². The minimum Gasteiger partial charge on any atom is -0.366 e. The van der Waals surface area contributed by atoms with Crippen molar-refractivity contribution in [2.24, 2.45) is 11.7 Å². The first-order chi connectivity index (χ1) is 14.4. The number of amides is 3. The van der Waals surface area contributed by atoms with Crippen molar-refractivity contribution in [3.8, 4) is 0 Å². The third-order valence-corrected chi connectivity index (χ3v) is 5.67. The zero-order chi connectivity index (χ0) is 21.5. The van der Waals surface area contributed by atoms with Crippen LogP contribution in [-0.2, 0) is 22.6 Å². The van der Waals surface area contributed by atoms with Gasteiger partial charge in [-0.2, -0.15) is 0 Å². The van der Waals surface area contributed by atoms with Gasteiger partial charge in [0.25, 0.3) is 0 Å². The minimum atomic E-state index is -0.477. The standard InChI is InChI=1S/C24H29N3O3/c1-26(17-19-8-5-9-21(16-19)23(25)29)24(30)20-12-14-27(15-13-20)22(28)11-10-18-6-3-2-4-7-18/h2-9,16,20H,10-15,17H2,1H3,(H2,25,29). The highest BCUT2D eigenvalue weighted by molar-refractivity contribution is 5.92. The number of likely N-dealkylation sites (tertiary alicyclic amines) is 1. The molecule has 1 aliphatic rings. The average Bonchev–Trinajstić information content (AvgIpc) is 2.78. The van der Waals surface area contributed by atoms with Gasteiger partial charge in [-0.05, 0) is 42.5 Å². The van der Waals surface area contributed by atoms with E-state index in [1.807, 2.05) is 41.3 Å². The van der Waals surface area contributed by atoms with E-state index < -0.39 is 5.91 Å². The Bertz CT molecular complexity index is 890. The first-order valence-corrected chi connectivity index (χ1v) is 10.4. The monoisotopic (exact) mass is 407 g/mol. The van der Waals surface area contributed by atoms with Gasteiger partial charge >= 0.3 is 0 Å². The van der Waals surface area contributed by atoms with Crippen LogP contribution in [0.1, 0.15) is 40.7 Å². The van der Waals surface area contributed by atoms with Gasteiger partial charge in [0.15, 0.2) is 0 Å². The zero-order valence-corrected chi connectivity index (χ0v) is 17.4. The molecular weight excluding hydrogens is 378 g/mol. The molecule has 1 heterocycles. The van der Waals surface area contributed by atoms with Gasteiger partial charge in [0.05, 0.1) is 0 Å². The Labute approximate surface area is 177 Å². The lowest BCUT2D eigenvalue weighted by Crippen LogP contribution is -2.43. The SMILES string of the molecule is CN(Cc1cccc(C(N)=O)c1)C(=O)C1CCN(C(=O)CCc2ccccc2)CC1. The maximum atomic E-state index is 12.8. The summed E-state index contributed by atoms with van der Waals surface area (Å²) in [6.07, 6.45) is 2.60. The van der Waals surface area contributed by atoms with Gasteiger partial charge in [0.2, 0.25) is 17.7 Å². The number of hydrogen-bond donors (Lipinski definition) is 1. The summed E-state index contributed by atoms with van der Waals surface area (Å²) in [6, 6.07) is 17.0. The molecule has 2 aromatic carbocycles. The molecule has 1 fully saturated rings. The first kappa shape index (κ1) is 21.6. The Morgan fingerprint density at radius 2 is 1.67 bits per heavy atom. The van der Waals surface area contributed by atoms with Crippen LogP contribution in [0.3, 0.4) is 0 Å². The largest absolute Gasteiger partial charge is 0.366 e. The molecule has 0 spiro atoms. The lowest BCUT2D eigenvalue weighted by molar-refractivity contribution is -0.140. The first-order valence-electron chi connectivity index (χ1n) is 10.4. The van der Waals surface area contributed by atoms with E-state index in [0.29, 0.717) is 44.5 Å². The van der Waals surface area contributed by atoms with E-state index in [-0.39, 0.29) is 17.7 Å². The quantitative estimate of drug-likeness (QED) is 0.766. The number of rotatable bonds is 7. The van der Waals surface area contributed by atoms with Crippen molar-refractivity contribution in [1.29, 1.82) is 0 Å². The normalized spacial score (nSPS) is 14.4. The van der Waals surface area contributed by atoms with E-state index in [1.54, 1.807) is 30.1 Å². The summed E-state index contributed by atoms with van der Waals surface area (Å²) < 4.78 is 0. The fourth-order valence-corrected chi connectivity index (χ4v) is 3.92. The van der Waals surface area contributed by atoms with E-state index in [9.17, 15) is 14.4 Å². The Kier molecular flexibility index (Phi) is 7.22. The van der Waals surface area contributed by atoms with Gasteiger partial charge in [-0.3, -0.25) is 14.4 Å². The summed E-state index contributed by atoms with van der Waals surface area (Å²) in [5.41, 5.74) is 7.81. The molecule has 30 heavy (non-hydrogen) atoms. The van der Waals surface area contributed by atoms with Crippen molar-refractivity contribution >= 4 is 17.7 Å². The summed E-state index contributed by atoms with van der Waals surface area (Å²) in [5, 5.41) is 0. The molecule has 6 heteroatoms. The predicted molar refractivity (Wildman–Crippen MR) is 116 cm³/mol. The van der Waals surface area contributed by atoms with Crippen LogP contribution in [0.15, 0.2) is 54.6 Å². The van der Waals surface area contributed by atoms with Crippen LogP contribution >= 0.6 is 0 Å². The van der Waals surface area contributed by atoms with E-state index in [2.05, 4.69) is 0 Å². The number of carbonyl (C=O) groups is 3. The summed E-state index contributed by atoms with van der Waals surface area (Å²) in [5.74, 6) is -0.320. The molecule has 0 bridgehead atoms. The zero-order valence-electron chi connectivity index (χ0n) is 17.4. The fraction of sp³-hybridized carbons (Fsp3) is 0.375. The van der Waals surface area contributed by atoms with Crippen LogP contribution < -0.4 is 5.73 Å². The molecule has 6 nitrogen and oxygen atoms in total. The van der Waals surface area contributed by atoms with Gasteiger partial charge in [0.1, 0.15) is 0 Å². The molecule has 3 rings (SSSR count). The highest BCUT2D eigenvalue weighted by atomic mass is 16.2. The molecule has 1 aliphatic heterocycles. The maximum Gasteiger partial charge on any atom is 0.248 e. The highest BCUT2D eigenvalue weighted by Crippen LogP contribution is 2.21.